The molecule has 1 N–H and O–H groups in total. The molecule has 0 aliphatic heterocycles. The van der Waals surface area contributed by atoms with Gasteiger partial charge >= 0.3 is 5.97 Å². The lowest BCUT2D eigenvalue weighted by atomic mass is 10.2. The van der Waals surface area contributed by atoms with Crippen molar-refractivity contribution < 1.29 is 14.3 Å². The Morgan fingerprint density at radius 2 is 2.00 bits per heavy atom. The zero-order valence-electron chi connectivity index (χ0n) is 13.7. The van der Waals surface area contributed by atoms with E-state index in [0.29, 0.717) is 6.42 Å². The molecule has 0 fully saturated rings. The number of esters is 1. The van der Waals surface area contributed by atoms with Gasteiger partial charge in [-0.3, -0.25) is 9.59 Å². The van der Waals surface area contributed by atoms with Crippen molar-refractivity contribution in [2.24, 2.45) is 0 Å². The first-order valence-electron chi connectivity index (χ1n) is 7.78. The molecule has 124 valence electrons. The Morgan fingerprint density at radius 3 is 2.65 bits per heavy atom. The molecule has 0 aliphatic rings. The number of hydrogen-bond acceptors (Lipinski definition) is 5. The Kier molecular flexibility index (Phi) is 8.22. The van der Waals surface area contributed by atoms with Gasteiger partial charge in [-0.15, -0.1) is 0 Å². The fourth-order valence-corrected chi connectivity index (χ4v) is 2.17. The second kappa shape index (κ2) is 10.2. The van der Waals surface area contributed by atoms with Gasteiger partial charge in [0.05, 0.1) is 0 Å². The number of rotatable bonds is 9. The minimum Gasteiger partial charge on any atom is -0.450 e. The molecular formula is C17H23N3O3. The average Bonchev–Trinajstić information content (AvgIpc) is 2.54. The zero-order valence-corrected chi connectivity index (χ0v) is 13.7. The quantitative estimate of drug-likeness (QED) is 0.708. The number of nitrogens with one attached hydrogen (secondary N) is 1. The second-order valence-corrected chi connectivity index (χ2v) is 4.94. The Balaban J connectivity index is 2.44. The zero-order chi connectivity index (χ0) is 17.1. The van der Waals surface area contributed by atoms with E-state index in [1.807, 2.05) is 24.3 Å². The largest absolute Gasteiger partial charge is 0.450 e. The van der Waals surface area contributed by atoms with Crippen molar-refractivity contribution in [3.05, 3.63) is 24.3 Å². The molecule has 23 heavy (non-hydrogen) atoms. The van der Waals surface area contributed by atoms with Crippen molar-refractivity contribution in [3.63, 3.8) is 0 Å². The Morgan fingerprint density at radius 1 is 1.26 bits per heavy atom. The van der Waals surface area contributed by atoms with Gasteiger partial charge in [-0.2, -0.15) is 5.26 Å². The van der Waals surface area contributed by atoms with E-state index in [2.05, 4.69) is 28.8 Å². The summed E-state index contributed by atoms with van der Waals surface area (Å²) in [6, 6.07) is 9.42. The highest BCUT2D eigenvalue weighted by atomic mass is 16.5. The van der Waals surface area contributed by atoms with Crippen LogP contribution in [0, 0.1) is 11.3 Å². The van der Waals surface area contributed by atoms with Crippen molar-refractivity contribution in [2.45, 2.75) is 33.1 Å². The van der Waals surface area contributed by atoms with Gasteiger partial charge in [-0.25, -0.2) is 0 Å². The van der Waals surface area contributed by atoms with Crippen LogP contribution in [0.5, 0.6) is 0 Å². The van der Waals surface area contributed by atoms with Crippen LogP contribution in [0.3, 0.4) is 0 Å². The molecular weight excluding hydrogens is 294 g/mol. The molecule has 0 aromatic heterocycles. The number of amides is 1. The monoisotopic (exact) mass is 317 g/mol. The predicted octanol–water partition coefficient (Wildman–Crippen LogP) is 2.71. The minimum atomic E-state index is -0.456. The first-order valence-corrected chi connectivity index (χ1v) is 7.78. The molecule has 0 heterocycles. The van der Waals surface area contributed by atoms with Crippen molar-refractivity contribution in [1.29, 1.82) is 5.26 Å². The van der Waals surface area contributed by atoms with E-state index in [1.165, 1.54) is 0 Å². The van der Waals surface area contributed by atoms with Crippen LogP contribution in [0.2, 0.25) is 0 Å². The molecule has 0 radical (unpaired) electrons. The summed E-state index contributed by atoms with van der Waals surface area (Å²) >= 11 is 0. The first-order chi connectivity index (χ1) is 11.1. The number of carbonyl (C=O) groups excluding carboxylic acids is 2. The highest BCUT2D eigenvalue weighted by Crippen LogP contribution is 2.19. The Labute approximate surface area is 137 Å². The first kappa shape index (κ1) is 18.5. The fraction of sp³-hybridized carbons (Fsp3) is 0.471. The lowest BCUT2D eigenvalue weighted by Crippen LogP contribution is -2.22. The Bertz CT molecular complexity index is 562. The van der Waals surface area contributed by atoms with Gasteiger partial charge in [0.25, 0.3) is 0 Å². The number of nitriles is 1. The van der Waals surface area contributed by atoms with E-state index in [1.54, 1.807) is 6.07 Å². The second-order valence-electron chi connectivity index (χ2n) is 4.94. The summed E-state index contributed by atoms with van der Waals surface area (Å²) in [5.74, 6) is -0.599. The van der Waals surface area contributed by atoms with E-state index < -0.39 is 5.97 Å². The number of nitrogens with zero attached hydrogens (tertiary/aromatic N) is 2. The van der Waals surface area contributed by atoms with Gasteiger partial charge in [0.1, 0.15) is 6.07 Å². The molecule has 1 rings (SSSR count). The molecule has 1 aromatic carbocycles. The van der Waals surface area contributed by atoms with Gasteiger partial charge in [0.2, 0.25) is 5.91 Å². The third-order valence-electron chi connectivity index (χ3n) is 3.34. The molecule has 0 aliphatic carbocycles. The van der Waals surface area contributed by atoms with E-state index in [9.17, 15) is 9.59 Å². The molecule has 0 bridgehead atoms. The van der Waals surface area contributed by atoms with Crippen LogP contribution in [0.4, 0.5) is 11.4 Å². The summed E-state index contributed by atoms with van der Waals surface area (Å²) in [4.78, 5) is 25.3. The summed E-state index contributed by atoms with van der Waals surface area (Å²) < 4.78 is 4.62. The maximum absolute atomic E-state index is 11.9. The van der Waals surface area contributed by atoms with Crippen LogP contribution in [0.25, 0.3) is 0 Å². The standard InChI is InChI=1S/C17H23N3O3/c1-3-20(4-2)15-8-5-7-14(13-15)19-16(21)9-6-10-17(22)23-12-11-18/h5,7-8,13H,3-4,6,9-10,12H2,1-2H3,(H,19,21). The summed E-state index contributed by atoms with van der Waals surface area (Å²) in [7, 11) is 0. The molecule has 0 spiro atoms. The predicted molar refractivity (Wildman–Crippen MR) is 89.1 cm³/mol. The SMILES string of the molecule is CCN(CC)c1cccc(NC(=O)CCCC(=O)OCC#N)c1. The van der Waals surface area contributed by atoms with Crippen LogP contribution < -0.4 is 10.2 Å². The summed E-state index contributed by atoms with van der Waals surface area (Å²) in [6.45, 7) is 5.72. The highest BCUT2D eigenvalue weighted by Gasteiger charge is 2.08. The average molecular weight is 317 g/mol. The van der Waals surface area contributed by atoms with Crippen LogP contribution >= 0.6 is 0 Å². The maximum atomic E-state index is 11.9. The van der Waals surface area contributed by atoms with Crippen molar-refractivity contribution >= 4 is 23.3 Å². The number of anilines is 2. The summed E-state index contributed by atoms with van der Waals surface area (Å²) in [5, 5.41) is 11.1. The third kappa shape index (κ3) is 6.83. The van der Waals surface area contributed by atoms with Gasteiger partial charge in [0, 0.05) is 37.3 Å². The Hall–Kier alpha value is -2.55. The van der Waals surface area contributed by atoms with Gasteiger partial charge in [-0.1, -0.05) is 6.07 Å². The number of ether oxygens (including phenoxy) is 1. The lowest BCUT2D eigenvalue weighted by Gasteiger charge is -2.21. The molecule has 0 saturated heterocycles. The van der Waals surface area contributed by atoms with Gasteiger partial charge in [-0.05, 0) is 38.5 Å². The minimum absolute atomic E-state index is 0.134. The van der Waals surface area contributed by atoms with Gasteiger partial charge in [0.15, 0.2) is 6.61 Å². The van der Waals surface area contributed by atoms with Crippen molar-refractivity contribution in [2.75, 3.05) is 29.9 Å². The number of carbonyl (C=O) groups is 2. The summed E-state index contributed by atoms with van der Waals surface area (Å²) in [6.07, 6.45) is 0.761. The lowest BCUT2D eigenvalue weighted by molar-refractivity contribution is -0.142. The molecule has 1 aromatic rings. The fourth-order valence-electron chi connectivity index (χ4n) is 2.17. The van der Waals surface area contributed by atoms with E-state index in [0.717, 1.165) is 24.5 Å². The van der Waals surface area contributed by atoms with E-state index in [4.69, 9.17) is 5.26 Å². The van der Waals surface area contributed by atoms with Crippen LogP contribution in [-0.4, -0.2) is 31.6 Å². The van der Waals surface area contributed by atoms with Crippen molar-refractivity contribution in [3.8, 4) is 6.07 Å². The molecule has 6 heteroatoms. The van der Waals surface area contributed by atoms with E-state index in [-0.39, 0.29) is 25.4 Å². The third-order valence-corrected chi connectivity index (χ3v) is 3.34. The normalized spacial score (nSPS) is 9.78. The highest BCUT2D eigenvalue weighted by molar-refractivity contribution is 5.91. The van der Waals surface area contributed by atoms with E-state index >= 15 is 0 Å². The van der Waals surface area contributed by atoms with Crippen LogP contribution in [-0.2, 0) is 14.3 Å². The molecule has 0 saturated carbocycles. The summed E-state index contributed by atoms with van der Waals surface area (Å²) in [5.41, 5.74) is 1.80. The molecule has 6 nitrogen and oxygen atoms in total. The van der Waals surface area contributed by atoms with Crippen LogP contribution in [0.1, 0.15) is 33.1 Å². The number of benzene rings is 1. The van der Waals surface area contributed by atoms with Gasteiger partial charge < -0.3 is 15.0 Å². The smallest absolute Gasteiger partial charge is 0.306 e. The number of hydrogen-bond donors (Lipinski definition) is 1. The topological polar surface area (TPSA) is 82.4 Å². The molecule has 0 atom stereocenters. The maximum Gasteiger partial charge on any atom is 0.306 e. The van der Waals surface area contributed by atoms with Crippen LogP contribution in [0.15, 0.2) is 24.3 Å². The molecule has 1 amide bonds. The molecule has 0 unspecified atom stereocenters. The van der Waals surface area contributed by atoms with Crippen molar-refractivity contribution in [1.82, 2.24) is 0 Å².